The fourth-order valence-corrected chi connectivity index (χ4v) is 2.80. The van der Waals surface area contributed by atoms with Crippen LogP contribution < -0.4 is 5.32 Å². The van der Waals surface area contributed by atoms with E-state index < -0.39 is 0 Å². The summed E-state index contributed by atoms with van der Waals surface area (Å²) in [7, 11) is 0. The Morgan fingerprint density at radius 3 is 2.69 bits per heavy atom. The first-order chi connectivity index (χ1) is 7.81. The lowest BCUT2D eigenvalue weighted by molar-refractivity contribution is -0.0484. The molecule has 0 amide bonds. The normalized spacial score (nSPS) is 32.6. The topological polar surface area (TPSA) is 24.5 Å². The van der Waals surface area contributed by atoms with Crippen molar-refractivity contribution in [1.29, 1.82) is 0 Å². The van der Waals surface area contributed by atoms with Gasteiger partial charge in [-0.1, -0.05) is 13.3 Å². The second kappa shape index (κ2) is 5.99. The monoisotopic (exact) mass is 226 g/mol. The van der Waals surface area contributed by atoms with E-state index in [1.165, 1.54) is 38.9 Å². The number of ether oxygens (including phenoxy) is 1. The summed E-state index contributed by atoms with van der Waals surface area (Å²) >= 11 is 0. The van der Waals surface area contributed by atoms with Crippen LogP contribution in [0.4, 0.5) is 0 Å². The molecule has 2 unspecified atom stereocenters. The summed E-state index contributed by atoms with van der Waals surface area (Å²) < 4.78 is 5.67. The number of rotatable bonds is 5. The highest BCUT2D eigenvalue weighted by Crippen LogP contribution is 2.19. The Bertz CT molecular complexity index is 204. The molecule has 0 aromatic rings. The highest BCUT2D eigenvalue weighted by atomic mass is 16.5. The van der Waals surface area contributed by atoms with E-state index in [0.29, 0.717) is 12.1 Å². The van der Waals surface area contributed by atoms with Crippen LogP contribution in [0.2, 0.25) is 0 Å². The zero-order valence-corrected chi connectivity index (χ0v) is 10.7. The molecule has 0 aromatic heterocycles. The number of hydrogen-bond acceptors (Lipinski definition) is 3. The number of nitrogens with one attached hydrogen (secondary N) is 1. The van der Waals surface area contributed by atoms with Crippen molar-refractivity contribution >= 4 is 0 Å². The summed E-state index contributed by atoms with van der Waals surface area (Å²) in [4.78, 5) is 2.69. The van der Waals surface area contributed by atoms with Crippen molar-refractivity contribution < 1.29 is 4.74 Å². The van der Waals surface area contributed by atoms with Gasteiger partial charge in [0, 0.05) is 12.1 Å². The van der Waals surface area contributed by atoms with E-state index in [0.717, 1.165) is 19.1 Å². The molecule has 0 bridgehead atoms. The minimum Gasteiger partial charge on any atom is -0.378 e. The zero-order chi connectivity index (χ0) is 11.4. The van der Waals surface area contributed by atoms with Crippen LogP contribution in [0.5, 0.6) is 0 Å². The Morgan fingerprint density at radius 2 is 2.06 bits per heavy atom. The molecule has 2 atom stereocenters. The summed E-state index contributed by atoms with van der Waals surface area (Å²) in [6.07, 6.45) is 3.91. The molecule has 2 aliphatic heterocycles. The Labute approximate surface area is 99.5 Å². The Morgan fingerprint density at radius 1 is 1.25 bits per heavy atom. The van der Waals surface area contributed by atoms with E-state index in [9.17, 15) is 0 Å². The van der Waals surface area contributed by atoms with Crippen LogP contribution in [-0.2, 0) is 4.74 Å². The van der Waals surface area contributed by atoms with Crippen LogP contribution in [0.3, 0.4) is 0 Å². The van der Waals surface area contributed by atoms with Gasteiger partial charge in [-0.3, -0.25) is 4.90 Å². The predicted molar refractivity (Wildman–Crippen MR) is 66.7 cm³/mol. The van der Waals surface area contributed by atoms with Crippen molar-refractivity contribution in [2.45, 2.75) is 45.2 Å². The molecular weight excluding hydrogens is 200 g/mol. The lowest BCUT2D eigenvalue weighted by Gasteiger charge is -2.42. The summed E-state index contributed by atoms with van der Waals surface area (Å²) in [5.41, 5.74) is 0. The third kappa shape index (κ3) is 2.96. The maximum absolute atomic E-state index is 5.67. The van der Waals surface area contributed by atoms with Gasteiger partial charge in [0.15, 0.2) is 0 Å². The molecule has 0 saturated carbocycles. The van der Waals surface area contributed by atoms with Crippen LogP contribution in [-0.4, -0.2) is 49.8 Å². The Hall–Kier alpha value is -0.120. The average Bonchev–Trinajstić information content (AvgIpc) is 2.20. The fraction of sp³-hybridized carbons (Fsp3) is 1.00. The molecule has 0 aromatic carbocycles. The van der Waals surface area contributed by atoms with E-state index in [1.807, 2.05) is 0 Å². The van der Waals surface area contributed by atoms with Crippen LogP contribution >= 0.6 is 0 Å². The molecule has 0 aliphatic carbocycles. The van der Waals surface area contributed by atoms with Gasteiger partial charge < -0.3 is 10.1 Å². The second-order valence-electron chi connectivity index (χ2n) is 5.38. The van der Waals surface area contributed by atoms with E-state index in [4.69, 9.17) is 4.74 Å². The Balaban J connectivity index is 1.80. The van der Waals surface area contributed by atoms with Gasteiger partial charge >= 0.3 is 0 Å². The summed E-state index contributed by atoms with van der Waals surface area (Å²) in [6, 6.07) is 1.28. The van der Waals surface area contributed by atoms with Crippen molar-refractivity contribution in [3.8, 4) is 0 Å². The second-order valence-corrected chi connectivity index (χ2v) is 5.38. The van der Waals surface area contributed by atoms with Crippen molar-refractivity contribution in [3.63, 3.8) is 0 Å². The standard InChI is InChI=1S/C13H26N2O/c1-3-4-13-10-16-9-11(2)15(13)6-5-12-7-14-8-12/h11-14H,3-10H2,1-2H3. The maximum Gasteiger partial charge on any atom is 0.0622 e. The molecular formula is C13H26N2O. The third-order valence-corrected chi connectivity index (χ3v) is 3.99. The SMILES string of the molecule is CCCC1COCC(C)N1CCC1CNC1. The van der Waals surface area contributed by atoms with E-state index >= 15 is 0 Å². The van der Waals surface area contributed by atoms with E-state index in [1.54, 1.807) is 0 Å². The predicted octanol–water partition coefficient (Wildman–Crippen LogP) is 1.49. The van der Waals surface area contributed by atoms with Gasteiger partial charge in [0.1, 0.15) is 0 Å². The molecule has 2 saturated heterocycles. The first kappa shape index (κ1) is 12.3. The minimum absolute atomic E-state index is 0.610. The first-order valence-corrected chi connectivity index (χ1v) is 6.85. The smallest absolute Gasteiger partial charge is 0.0622 e. The highest BCUT2D eigenvalue weighted by Gasteiger charge is 2.28. The van der Waals surface area contributed by atoms with Gasteiger partial charge in [0.2, 0.25) is 0 Å². The minimum atomic E-state index is 0.610. The summed E-state index contributed by atoms with van der Waals surface area (Å²) in [5, 5.41) is 3.35. The van der Waals surface area contributed by atoms with Crippen molar-refractivity contribution in [2.24, 2.45) is 5.92 Å². The van der Waals surface area contributed by atoms with Crippen molar-refractivity contribution in [3.05, 3.63) is 0 Å². The molecule has 2 aliphatic rings. The molecule has 2 fully saturated rings. The summed E-state index contributed by atoms with van der Waals surface area (Å²) in [6.45, 7) is 10.2. The molecule has 2 heterocycles. The van der Waals surface area contributed by atoms with Crippen LogP contribution in [0, 0.1) is 5.92 Å². The van der Waals surface area contributed by atoms with E-state index in [2.05, 4.69) is 24.1 Å². The first-order valence-electron chi connectivity index (χ1n) is 6.85. The summed E-state index contributed by atoms with van der Waals surface area (Å²) in [5.74, 6) is 0.928. The van der Waals surface area contributed by atoms with Gasteiger partial charge in [0.25, 0.3) is 0 Å². The molecule has 0 spiro atoms. The number of morpholine rings is 1. The van der Waals surface area contributed by atoms with Gasteiger partial charge in [-0.05, 0) is 45.3 Å². The lowest BCUT2D eigenvalue weighted by atomic mass is 9.97. The third-order valence-electron chi connectivity index (χ3n) is 3.99. The lowest BCUT2D eigenvalue weighted by Crippen LogP contribution is -2.52. The highest BCUT2D eigenvalue weighted by molar-refractivity contribution is 4.83. The van der Waals surface area contributed by atoms with Gasteiger partial charge in [0.05, 0.1) is 13.2 Å². The van der Waals surface area contributed by atoms with Crippen LogP contribution in [0.15, 0.2) is 0 Å². The van der Waals surface area contributed by atoms with Crippen molar-refractivity contribution in [1.82, 2.24) is 10.2 Å². The quantitative estimate of drug-likeness (QED) is 0.768. The van der Waals surface area contributed by atoms with Gasteiger partial charge in [-0.2, -0.15) is 0 Å². The molecule has 0 radical (unpaired) electrons. The van der Waals surface area contributed by atoms with Gasteiger partial charge in [-0.25, -0.2) is 0 Å². The maximum atomic E-state index is 5.67. The molecule has 2 rings (SSSR count). The fourth-order valence-electron chi connectivity index (χ4n) is 2.80. The number of nitrogens with zero attached hydrogens (tertiary/aromatic N) is 1. The Kier molecular flexibility index (Phi) is 4.62. The van der Waals surface area contributed by atoms with Crippen LogP contribution in [0.1, 0.15) is 33.1 Å². The van der Waals surface area contributed by atoms with Gasteiger partial charge in [-0.15, -0.1) is 0 Å². The molecule has 94 valence electrons. The average molecular weight is 226 g/mol. The van der Waals surface area contributed by atoms with E-state index in [-0.39, 0.29) is 0 Å². The molecule has 1 N–H and O–H groups in total. The van der Waals surface area contributed by atoms with Crippen LogP contribution in [0.25, 0.3) is 0 Å². The molecule has 3 heteroatoms. The molecule has 16 heavy (non-hydrogen) atoms. The molecule has 3 nitrogen and oxygen atoms in total. The largest absolute Gasteiger partial charge is 0.378 e. The number of hydrogen-bond donors (Lipinski definition) is 1. The zero-order valence-electron chi connectivity index (χ0n) is 10.7. The van der Waals surface area contributed by atoms with Crippen molar-refractivity contribution in [2.75, 3.05) is 32.8 Å².